The number of amides is 1. The van der Waals surface area contributed by atoms with Crippen LogP contribution in [0.4, 0.5) is 0 Å². The second-order valence-electron chi connectivity index (χ2n) is 4.18. The lowest BCUT2D eigenvalue weighted by Crippen LogP contribution is -2.53. The van der Waals surface area contributed by atoms with Crippen molar-refractivity contribution in [3.63, 3.8) is 0 Å². The number of carboxylic acid groups (broad SMARTS) is 1. The van der Waals surface area contributed by atoms with Crippen molar-refractivity contribution in [2.45, 2.75) is 31.7 Å². The molecule has 1 saturated heterocycles. The molecule has 1 amide bonds. The number of hydrogen-bond acceptors (Lipinski definition) is 4. The van der Waals surface area contributed by atoms with Crippen LogP contribution < -0.4 is 5.73 Å². The number of carbonyl (C=O) groups excluding carboxylic acids is 1. The van der Waals surface area contributed by atoms with Gasteiger partial charge in [0.1, 0.15) is 12.1 Å². The molecular weight excluding hydrogens is 224 g/mol. The average molecular weight is 244 g/mol. The number of nitrogens with zero attached hydrogens (tertiary/aromatic N) is 1. The maximum Gasteiger partial charge on any atom is 0.329 e. The molecule has 1 aliphatic rings. The van der Waals surface area contributed by atoms with E-state index < -0.39 is 11.5 Å². The van der Waals surface area contributed by atoms with Gasteiger partial charge in [0.2, 0.25) is 5.91 Å². The smallest absolute Gasteiger partial charge is 0.329 e. The van der Waals surface area contributed by atoms with Crippen LogP contribution in [0, 0.1) is 0 Å². The lowest BCUT2D eigenvalue weighted by atomic mass is 9.93. The molecule has 1 rings (SSSR count). The average Bonchev–Trinajstić information content (AvgIpc) is 2.74. The van der Waals surface area contributed by atoms with Gasteiger partial charge < -0.3 is 20.5 Å². The Hall–Kier alpha value is -1.14. The Morgan fingerprint density at radius 3 is 2.76 bits per heavy atom. The van der Waals surface area contributed by atoms with Crippen LogP contribution in [-0.4, -0.2) is 53.7 Å². The van der Waals surface area contributed by atoms with Crippen LogP contribution in [0.1, 0.15) is 26.2 Å². The summed E-state index contributed by atoms with van der Waals surface area (Å²) in [6.07, 6.45) is 1.66. The van der Waals surface area contributed by atoms with Gasteiger partial charge in [-0.2, -0.15) is 0 Å². The first-order valence-corrected chi connectivity index (χ1v) is 5.90. The van der Waals surface area contributed by atoms with E-state index >= 15 is 0 Å². The number of ether oxygens (including phenoxy) is 1. The molecule has 0 saturated carbocycles. The number of rotatable bonds is 6. The molecule has 3 N–H and O–H groups in total. The van der Waals surface area contributed by atoms with Crippen LogP contribution in [0.3, 0.4) is 0 Å². The first kappa shape index (κ1) is 13.9. The van der Waals surface area contributed by atoms with E-state index in [0.29, 0.717) is 32.5 Å². The number of hydrogen-bond donors (Lipinski definition) is 2. The highest BCUT2D eigenvalue weighted by atomic mass is 16.5. The van der Waals surface area contributed by atoms with E-state index in [1.54, 1.807) is 6.92 Å². The third-order valence-corrected chi connectivity index (χ3v) is 3.26. The van der Waals surface area contributed by atoms with Gasteiger partial charge in [0.05, 0.1) is 6.61 Å². The summed E-state index contributed by atoms with van der Waals surface area (Å²) in [6, 6.07) is 0. The summed E-state index contributed by atoms with van der Waals surface area (Å²) >= 11 is 0. The summed E-state index contributed by atoms with van der Waals surface area (Å²) in [4.78, 5) is 24.7. The summed E-state index contributed by atoms with van der Waals surface area (Å²) in [5, 5.41) is 9.30. The van der Waals surface area contributed by atoms with E-state index in [2.05, 4.69) is 0 Å². The number of aliphatic carboxylic acids is 1. The van der Waals surface area contributed by atoms with E-state index in [9.17, 15) is 14.7 Å². The molecule has 0 aliphatic carbocycles. The molecule has 1 aliphatic heterocycles. The van der Waals surface area contributed by atoms with Gasteiger partial charge in [-0.05, 0) is 19.3 Å². The minimum Gasteiger partial charge on any atom is -0.479 e. The molecule has 1 heterocycles. The van der Waals surface area contributed by atoms with E-state index in [1.165, 1.54) is 4.90 Å². The largest absolute Gasteiger partial charge is 0.479 e. The molecule has 0 bridgehead atoms. The predicted octanol–water partition coefficient (Wildman–Crippen LogP) is -0.182. The van der Waals surface area contributed by atoms with Crippen molar-refractivity contribution < 1.29 is 19.4 Å². The minimum atomic E-state index is -1.04. The minimum absolute atomic E-state index is 0.0910. The highest BCUT2D eigenvalue weighted by molar-refractivity contribution is 5.88. The first-order valence-electron chi connectivity index (χ1n) is 5.90. The van der Waals surface area contributed by atoms with Gasteiger partial charge in [-0.1, -0.05) is 6.92 Å². The maximum atomic E-state index is 11.9. The standard InChI is InChI=1S/C11H20N2O4/c1-2-11(10(15)16)4-3-6-13(11)9(14)8-17-7-5-12/h2-8,12H2,1H3,(H,15,16). The van der Waals surface area contributed by atoms with Crippen LogP contribution in [0.15, 0.2) is 0 Å². The fraction of sp³-hybridized carbons (Fsp3) is 0.818. The van der Waals surface area contributed by atoms with Crippen LogP contribution in [0.5, 0.6) is 0 Å². The Labute approximate surface area is 101 Å². The van der Waals surface area contributed by atoms with Crippen LogP contribution in [0.2, 0.25) is 0 Å². The molecule has 0 spiro atoms. The Morgan fingerprint density at radius 1 is 1.53 bits per heavy atom. The van der Waals surface area contributed by atoms with E-state index in [1.807, 2.05) is 0 Å². The topological polar surface area (TPSA) is 92.9 Å². The molecule has 17 heavy (non-hydrogen) atoms. The molecule has 0 aromatic carbocycles. The fourth-order valence-corrected chi connectivity index (χ4v) is 2.30. The lowest BCUT2D eigenvalue weighted by Gasteiger charge is -2.33. The fourth-order valence-electron chi connectivity index (χ4n) is 2.30. The van der Waals surface area contributed by atoms with Crippen LogP contribution in [-0.2, 0) is 14.3 Å². The zero-order valence-corrected chi connectivity index (χ0v) is 10.1. The van der Waals surface area contributed by atoms with Crippen molar-refractivity contribution in [1.29, 1.82) is 0 Å². The summed E-state index contributed by atoms with van der Waals surface area (Å²) in [6.45, 7) is 2.86. The summed E-state index contributed by atoms with van der Waals surface area (Å²) in [5.41, 5.74) is 4.21. The van der Waals surface area contributed by atoms with Crippen molar-refractivity contribution >= 4 is 11.9 Å². The molecule has 0 aromatic heterocycles. The Balaban J connectivity index is 2.67. The number of carbonyl (C=O) groups is 2. The van der Waals surface area contributed by atoms with Crippen LogP contribution in [0.25, 0.3) is 0 Å². The van der Waals surface area contributed by atoms with Gasteiger partial charge in [-0.25, -0.2) is 4.79 Å². The zero-order chi connectivity index (χ0) is 12.9. The highest BCUT2D eigenvalue weighted by Gasteiger charge is 2.48. The van der Waals surface area contributed by atoms with Crippen molar-refractivity contribution in [1.82, 2.24) is 4.90 Å². The quantitative estimate of drug-likeness (QED) is 0.632. The van der Waals surface area contributed by atoms with E-state index in [-0.39, 0.29) is 12.5 Å². The Kier molecular flexibility index (Phi) is 4.89. The summed E-state index contributed by atoms with van der Waals surface area (Å²) < 4.78 is 5.07. The molecule has 1 atom stereocenters. The van der Waals surface area contributed by atoms with Crippen LogP contribution >= 0.6 is 0 Å². The third-order valence-electron chi connectivity index (χ3n) is 3.26. The number of nitrogens with two attached hydrogens (primary N) is 1. The normalized spacial score (nSPS) is 24.0. The van der Waals surface area contributed by atoms with Crippen molar-refractivity contribution in [2.24, 2.45) is 5.73 Å². The van der Waals surface area contributed by atoms with Gasteiger partial charge >= 0.3 is 5.97 Å². The van der Waals surface area contributed by atoms with Gasteiger partial charge in [-0.15, -0.1) is 0 Å². The van der Waals surface area contributed by atoms with Crippen molar-refractivity contribution in [3.8, 4) is 0 Å². The van der Waals surface area contributed by atoms with Gasteiger partial charge in [0.15, 0.2) is 0 Å². The third kappa shape index (κ3) is 2.76. The molecule has 0 radical (unpaired) electrons. The molecule has 98 valence electrons. The maximum absolute atomic E-state index is 11.9. The molecule has 1 unspecified atom stereocenters. The molecule has 0 aromatic rings. The first-order chi connectivity index (χ1) is 8.08. The predicted molar refractivity (Wildman–Crippen MR) is 61.5 cm³/mol. The van der Waals surface area contributed by atoms with Gasteiger partial charge in [0, 0.05) is 13.1 Å². The van der Waals surface area contributed by atoms with E-state index in [4.69, 9.17) is 10.5 Å². The summed E-state index contributed by atoms with van der Waals surface area (Å²) in [7, 11) is 0. The monoisotopic (exact) mass is 244 g/mol. The highest BCUT2D eigenvalue weighted by Crippen LogP contribution is 2.32. The second-order valence-corrected chi connectivity index (χ2v) is 4.18. The number of carboxylic acids is 1. The van der Waals surface area contributed by atoms with Gasteiger partial charge in [0.25, 0.3) is 0 Å². The Morgan fingerprint density at radius 2 is 2.24 bits per heavy atom. The molecule has 6 nitrogen and oxygen atoms in total. The number of likely N-dealkylation sites (tertiary alicyclic amines) is 1. The van der Waals surface area contributed by atoms with Gasteiger partial charge in [-0.3, -0.25) is 4.79 Å². The zero-order valence-electron chi connectivity index (χ0n) is 10.1. The lowest BCUT2D eigenvalue weighted by molar-refractivity contribution is -0.158. The van der Waals surface area contributed by atoms with Crippen molar-refractivity contribution in [3.05, 3.63) is 0 Å². The second kappa shape index (κ2) is 5.97. The Bertz CT molecular complexity index is 295. The van der Waals surface area contributed by atoms with Crippen molar-refractivity contribution in [2.75, 3.05) is 26.3 Å². The van der Waals surface area contributed by atoms with E-state index in [0.717, 1.165) is 6.42 Å². The summed E-state index contributed by atoms with van der Waals surface area (Å²) in [5.74, 6) is -1.19. The molecule has 6 heteroatoms. The molecular formula is C11H20N2O4. The molecule has 1 fully saturated rings. The SMILES string of the molecule is CCC1(C(=O)O)CCCN1C(=O)COCCN.